The summed E-state index contributed by atoms with van der Waals surface area (Å²) in [6.07, 6.45) is 2.83. The molecule has 0 atom stereocenters. The highest BCUT2D eigenvalue weighted by Crippen LogP contribution is 2.38. The molecule has 1 heterocycles. The fourth-order valence-electron chi connectivity index (χ4n) is 1.95. The normalized spacial score (nSPS) is 13.9. The number of nitrogens with zero attached hydrogens (tertiary/aromatic N) is 2. The molecule has 0 radical (unpaired) electrons. The number of hydrogen-bond acceptors (Lipinski definition) is 5. The van der Waals surface area contributed by atoms with Crippen molar-refractivity contribution in [2.45, 2.75) is 31.6 Å². The van der Waals surface area contributed by atoms with Gasteiger partial charge in [0, 0.05) is 12.3 Å². The van der Waals surface area contributed by atoms with Crippen LogP contribution in [0.3, 0.4) is 0 Å². The van der Waals surface area contributed by atoms with Crippen LogP contribution in [0.5, 0.6) is 5.75 Å². The molecule has 1 aliphatic rings. The number of amides is 1. The van der Waals surface area contributed by atoms with Gasteiger partial charge in [-0.2, -0.15) is 4.98 Å². The van der Waals surface area contributed by atoms with Gasteiger partial charge in [-0.05, 0) is 31.4 Å². The van der Waals surface area contributed by atoms with Gasteiger partial charge in [0.1, 0.15) is 0 Å². The summed E-state index contributed by atoms with van der Waals surface area (Å²) in [5.41, 5.74) is 0. The molecule has 1 amide bonds. The monoisotopic (exact) mass is 305 g/mol. The van der Waals surface area contributed by atoms with Crippen molar-refractivity contribution in [1.29, 1.82) is 0 Å². The van der Waals surface area contributed by atoms with Crippen LogP contribution in [-0.4, -0.2) is 22.7 Å². The number of hydrogen-bond donors (Lipinski definition) is 1. The van der Waals surface area contributed by atoms with E-state index >= 15 is 0 Å². The van der Waals surface area contributed by atoms with Crippen molar-refractivity contribution in [3.63, 3.8) is 0 Å². The number of rotatable bonds is 7. The van der Waals surface area contributed by atoms with Gasteiger partial charge >= 0.3 is 6.01 Å². The molecule has 1 N–H and O–H groups in total. The predicted molar refractivity (Wildman–Crippen MR) is 76.0 cm³/mol. The second kappa shape index (κ2) is 6.55. The lowest BCUT2D eigenvalue weighted by atomic mass is 10.3. The van der Waals surface area contributed by atoms with Gasteiger partial charge in [-0.25, -0.2) is 4.39 Å². The zero-order valence-corrected chi connectivity index (χ0v) is 11.9. The van der Waals surface area contributed by atoms with Crippen molar-refractivity contribution >= 4 is 11.9 Å². The van der Waals surface area contributed by atoms with E-state index in [2.05, 4.69) is 15.5 Å². The van der Waals surface area contributed by atoms with Gasteiger partial charge in [-0.3, -0.25) is 10.1 Å². The molecule has 22 heavy (non-hydrogen) atoms. The van der Waals surface area contributed by atoms with Gasteiger partial charge in [0.15, 0.2) is 17.4 Å². The van der Waals surface area contributed by atoms with E-state index < -0.39 is 5.82 Å². The molecule has 0 spiro atoms. The first-order chi connectivity index (χ1) is 10.7. The average Bonchev–Trinajstić information content (AvgIpc) is 3.26. The summed E-state index contributed by atoms with van der Waals surface area (Å²) in [6, 6.07) is 6.29. The van der Waals surface area contributed by atoms with E-state index in [1.807, 2.05) is 0 Å². The standard InChI is InChI=1S/C15H16FN3O3/c16-11-4-1-2-5-12(11)21-9-3-6-13(20)17-15-18-14(19-22-15)10-7-8-10/h1-2,4-5,10H,3,6-9H2,(H,17,18,19,20). The number of carbonyl (C=O) groups excluding carboxylic acids is 1. The summed E-state index contributed by atoms with van der Waals surface area (Å²) in [6.45, 7) is 0.255. The maximum atomic E-state index is 13.3. The topological polar surface area (TPSA) is 77.2 Å². The minimum absolute atomic E-state index is 0.127. The molecule has 1 aromatic carbocycles. The van der Waals surface area contributed by atoms with E-state index in [0.29, 0.717) is 18.2 Å². The van der Waals surface area contributed by atoms with Crippen LogP contribution in [0.25, 0.3) is 0 Å². The number of anilines is 1. The average molecular weight is 305 g/mol. The summed E-state index contributed by atoms with van der Waals surface area (Å²) in [7, 11) is 0. The maximum absolute atomic E-state index is 13.3. The van der Waals surface area contributed by atoms with Crippen LogP contribution >= 0.6 is 0 Å². The first-order valence-electron chi connectivity index (χ1n) is 7.23. The smallest absolute Gasteiger partial charge is 0.328 e. The number of para-hydroxylation sites is 1. The molecule has 2 aromatic rings. The van der Waals surface area contributed by atoms with Crippen molar-refractivity contribution < 1.29 is 18.4 Å². The highest BCUT2D eigenvalue weighted by atomic mass is 19.1. The first kappa shape index (κ1) is 14.5. The quantitative estimate of drug-likeness (QED) is 0.796. The van der Waals surface area contributed by atoms with Gasteiger partial charge < -0.3 is 9.26 Å². The van der Waals surface area contributed by atoms with E-state index in [4.69, 9.17) is 9.26 Å². The first-order valence-corrected chi connectivity index (χ1v) is 7.23. The Morgan fingerprint density at radius 2 is 2.23 bits per heavy atom. The molecular weight excluding hydrogens is 289 g/mol. The van der Waals surface area contributed by atoms with Gasteiger partial charge in [-0.15, -0.1) is 0 Å². The number of nitrogens with one attached hydrogen (secondary N) is 1. The van der Waals surface area contributed by atoms with Crippen LogP contribution in [0.4, 0.5) is 10.4 Å². The Labute approximate surface area is 126 Å². The Hall–Kier alpha value is -2.44. The van der Waals surface area contributed by atoms with Crippen LogP contribution in [-0.2, 0) is 4.79 Å². The third-order valence-corrected chi connectivity index (χ3v) is 3.27. The highest BCUT2D eigenvalue weighted by Gasteiger charge is 2.29. The number of ether oxygens (including phenoxy) is 1. The van der Waals surface area contributed by atoms with Gasteiger partial charge in [-0.1, -0.05) is 17.3 Å². The van der Waals surface area contributed by atoms with Gasteiger partial charge in [0.2, 0.25) is 5.91 Å². The second-order valence-corrected chi connectivity index (χ2v) is 5.16. The Morgan fingerprint density at radius 3 is 3.00 bits per heavy atom. The highest BCUT2D eigenvalue weighted by molar-refractivity contribution is 5.88. The molecule has 1 saturated carbocycles. The number of benzene rings is 1. The number of aromatic nitrogens is 2. The fourth-order valence-corrected chi connectivity index (χ4v) is 1.95. The lowest BCUT2D eigenvalue weighted by Crippen LogP contribution is -2.13. The van der Waals surface area contributed by atoms with Crippen molar-refractivity contribution in [3.05, 3.63) is 35.9 Å². The molecule has 0 bridgehead atoms. The fraction of sp³-hybridized carbons (Fsp3) is 0.400. The van der Waals surface area contributed by atoms with E-state index in [1.54, 1.807) is 18.2 Å². The summed E-state index contributed by atoms with van der Waals surface area (Å²) >= 11 is 0. The molecule has 1 fully saturated rings. The predicted octanol–water partition coefficient (Wildman–Crippen LogP) is 2.88. The van der Waals surface area contributed by atoms with Crippen LogP contribution in [0.2, 0.25) is 0 Å². The summed E-state index contributed by atoms with van der Waals surface area (Å²) in [5.74, 6) is 0.573. The molecule has 0 saturated heterocycles. The van der Waals surface area contributed by atoms with Crippen LogP contribution < -0.4 is 10.1 Å². The lowest BCUT2D eigenvalue weighted by molar-refractivity contribution is -0.116. The van der Waals surface area contributed by atoms with E-state index in [9.17, 15) is 9.18 Å². The second-order valence-electron chi connectivity index (χ2n) is 5.16. The summed E-state index contributed by atoms with van der Waals surface area (Å²) in [5, 5.41) is 6.36. The van der Waals surface area contributed by atoms with Crippen molar-refractivity contribution in [2.24, 2.45) is 0 Å². The molecule has 0 unspecified atom stereocenters. The van der Waals surface area contributed by atoms with E-state index in [1.165, 1.54) is 6.07 Å². The maximum Gasteiger partial charge on any atom is 0.328 e. The third-order valence-electron chi connectivity index (χ3n) is 3.27. The van der Waals surface area contributed by atoms with Crippen molar-refractivity contribution in [3.8, 4) is 5.75 Å². The lowest BCUT2D eigenvalue weighted by Gasteiger charge is -2.06. The largest absolute Gasteiger partial charge is 0.491 e. The van der Waals surface area contributed by atoms with Gasteiger partial charge in [0.25, 0.3) is 0 Å². The molecule has 1 aromatic heterocycles. The number of halogens is 1. The molecule has 116 valence electrons. The molecule has 6 nitrogen and oxygen atoms in total. The summed E-state index contributed by atoms with van der Waals surface area (Å²) in [4.78, 5) is 15.8. The van der Waals surface area contributed by atoms with E-state index in [0.717, 1.165) is 12.8 Å². The molecular formula is C15H16FN3O3. The molecule has 0 aliphatic heterocycles. The van der Waals surface area contributed by atoms with Crippen LogP contribution in [0, 0.1) is 5.82 Å². The van der Waals surface area contributed by atoms with Crippen LogP contribution in [0.15, 0.2) is 28.8 Å². The van der Waals surface area contributed by atoms with Crippen molar-refractivity contribution in [1.82, 2.24) is 10.1 Å². The zero-order chi connectivity index (χ0) is 15.4. The minimum atomic E-state index is -0.412. The zero-order valence-electron chi connectivity index (χ0n) is 11.9. The Kier molecular flexibility index (Phi) is 4.32. The summed E-state index contributed by atoms with van der Waals surface area (Å²) < 4.78 is 23.5. The Morgan fingerprint density at radius 1 is 1.41 bits per heavy atom. The SMILES string of the molecule is O=C(CCCOc1ccccc1F)Nc1nc(C2CC2)no1. The Balaban J connectivity index is 1.37. The van der Waals surface area contributed by atoms with Crippen LogP contribution in [0.1, 0.15) is 37.4 Å². The molecule has 7 heteroatoms. The third kappa shape index (κ3) is 3.81. The van der Waals surface area contributed by atoms with Crippen molar-refractivity contribution in [2.75, 3.05) is 11.9 Å². The Bertz CT molecular complexity index is 655. The molecule has 1 aliphatic carbocycles. The number of carbonyl (C=O) groups is 1. The van der Waals surface area contributed by atoms with E-state index in [-0.39, 0.29) is 30.7 Å². The minimum Gasteiger partial charge on any atom is -0.491 e. The van der Waals surface area contributed by atoms with Gasteiger partial charge in [0.05, 0.1) is 6.61 Å². The molecule has 3 rings (SSSR count).